The molecule has 33 heavy (non-hydrogen) atoms. The molecule has 0 saturated carbocycles. The summed E-state index contributed by atoms with van der Waals surface area (Å²) in [5.41, 5.74) is 10.2. The molecule has 8 nitrogen and oxygen atoms in total. The molecule has 1 aliphatic rings. The van der Waals surface area contributed by atoms with E-state index in [-0.39, 0.29) is 18.7 Å². The Kier molecular flexibility index (Phi) is 6.84. The molecule has 1 heterocycles. The first-order valence-electron chi connectivity index (χ1n) is 10.6. The minimum Gasteiger partial charge on any atom is -0.489 e. The number of urea groups is 1. The number of hydrogen-bond acceptors (Lipinski definition) is 6. The quantitative estimate of drug-likeness (QED) is 0.307. The van der Waals surface area contributed by atoms with E-state index < -0.39 is 0 Å². The molecule has 0 aliphatic carbocycles. The van der Waals surface area contributed by atoms with Crippen molar-refractivity contribution < 1.29 is 14.4 Å². The fourth-order valence-corrected chi connectivity index (χ4v) is 3.45. The van der Waals surface area contributed by atoms with Crippen LogP contribution in [0.1, 0.15) is 12.0 Å². The van der Waals surface area contributed by atoms with E-state index >= 15 is 0 Å². The van der Waals surface area contributed by atoms with Gasteiger partial charge in [0.2, 0.25) is 0 Å². The summed E-state index contributed by atoms with van der Waals surface area (Å²) in [6.45, 7) is 0.607. The first kappa shape index (κ1) is 21.9. The van der Waals surface area contributed by atoms with E-state index in [0.717, 1.165) is 28.8 Å². The zero-order valence-electron chi connectivity index (χ0n) is 18.0. The normalized spacial score (nSPS) is 14.7. The van der Waals surface area contributed by atoms with E-state index in [2.05, 4.69) is 15.8 Å². The Morgan fingerprint density at radius 3 is 2.76 bits per heavy atom. The summed E-state index contributed by atoms with van der Waals surface area (Å²) in [5, 5.41) is 16.9. The molecule has 1 unspecified atom stereocenters. The standard InChI is InChI=1S/C25H25N5O3/c26-14-18-12-19(10-11-23(18)27)29-25(31)28-15-20-13-21(33-30-20)16-32-24-9-5-4-8-22(24)17-6-2-1-3-7-17/h1-12,14,21,26H,13,15-16,27H2,(H2,28,29,31). The van der Waals surface area contributed by atoms with Crippen LogP contribution in [0.2, 0.25) is 0 Å². The van der Waals surface area contributed by atoms with E-state index in [9.17, 15) is 4.79 Å². The highest BCUT2D eigenvalue weighted by Gasteiger charge is 2.22. The zero-order chi connectivity index (χ0) is 23.0. The molecule has 1 aliphatic heterocycles. The van der Waals surface area contributed by atoms with Crippen molar-refractivity contribution in [3.63, 3.8) is 0 Å². The second-order valence-electron chi connectivity index (χ2n) is 7.56. The van der Waals surface area contributed by atoms with Gasteiger partial charge in [0.1, 0.15) is 12.4 Å². The van der Waals surface area contributed by atoms with Crippen molar-refractivity contribution in [2.75, 3.05) is 24.2 Å². The van der Waals surface area contributed by atoms with Gasteiger partial charge in [-0.15, -0.1) is 0 Å². The van der Waals surface area contributed by atoms with Crippen LogP contribution in [-0.2, 0) is 4.84 Å². The van der Waals surface area contributed by atoms with Gasteiger partial charge < -0.3 is 31.4 Å². The number of para-hydroxylation sites is 1. The van der Waals surface area contributed by atoms with Crippen LogP contribution in [0.25, 0.3) is 11.1 Å². The molecule has 0 saturated heterocycles. The summed E-state index contributed by atoms with van der Waals surface area (Å²) in [5.74, 6) is 0.783. The first-order valence-corrected chi connectivity index (χ1v) is 10.6. The number of rotatable bonds is 8. The molecular weight excluding hydrogens is 418 g/mol. The van der Waals surface area contributed by atoms with Gasteiger partial charge in [-0.3, -0.25) is 0 Å². The molecule has 0 radical (unpaired) electrons. The first-order chi connectivity index (χ1) is 16.1. The van der Waals surface area contributed by atoms with Gasteiger partial charge in [0.05, 0.1) is 12.3 Å². The minimum atomic E-state index is -0.380. The van der Waals surface area contributed by atoms with Gasteiger partial charge in [-0.05, 0) is 29.8 Å². The average molecular weight is 444 g/mol. The lowest BCUT2D eigenvalue weighted by atomic mass is 10.0. The molecule has 5 N–H and O–H groups in total. The van der Waals surface area contributed by atoms with Gasteiger partial charge in [0.15, 0.2) is 6.10 Å². The van der Waals surface area contributed by atoms with Crippen LogP contribution < -0.4 is 21.1 Å². The van der Waals surface area contributed by atoms with Gasteiger partial charge in [-0.1, -0.05) is 53.7 Å². The monoisotopic (exact) mass is 443 g/mol. The van der Waals surface area contributed by atoms with Crippen LogP contribution in [0.3, 0.4) is 0 Å². The second kappa shape index (κ2) is 10.3. The second-order valence-corrected chi connectivity index (χ2v) is 7.56. The smallest absolute Gasteiger partial charge is 0.319 e. The van der Waals surface area contributed by atoms with Crippen molar-refractivity contribution in [1.82, 2.24) is 5.32 Å². The summed E-state index contributed by atoms with van der Waals surface area (Å²) < 4.78 is 6.03. The van der Waals surface area contributed by atoms with E-state index in [0.29, 0.717) is 30.0 Å². The van der Waals surface area contributed by atoms with E-state index in [1.807, 2.05) is 54.6 Å². The topological polar surface area (TPSA) is 122 Å². The summed E-state index contributed by atoms with van der Waals surface area (Å²) in [6, 6.07) is 22.5. The van der Waals surface area contributed by atoms with Crippen molar-refractivity contribution in [2.45, 2.75) is 12.5 Å². The van der Waals surface area contributed by atoms with E-state index in [1.54, 1.807) is 18.2 Å². The fourth-order valence-electron chi connectivity index (χ4n) is 3.45. The Hall–Kier alpha value is -4.33. The molecule has 4 rings (SSSR count). The molecule has 0 bridgehead atoms. The van der Waals surface area contributed by atoms with Gasteiger partial charge in [0.25, 0.3) is 0 Å². The molecule has 0 fully saturated rings. The summed E-state index contributed by atoms with van der Waals surface area (Å²) in [6.07, 6.45) is 1.48. The number of amides is 2. The van der Waals surface area contributed by atoms with Crippen LogP contribution in [0.5, 0.6) is 5.75 Å². The predicted molar refractivity (Wildman–Crippen MR) is 130 cm³/mol. The van der Waals surface area contributed by atoms with Crippen LogP contribution in [0.15, 0.2) is 78.0 Å². The number of anilines is 2. The van der Waals surface area contributed by atoms with Gasteiger partial charge >= 0.3 is 6.03 Å². The largest absolute Gasteiger partial charge is 0.489 e. The predicted octanol–water partition coefficient (Wildman–Crippen LogP) is 4.28. The Bertz CT molecular complexity index is 1160. The molecule has 0 aromatic heterocycles. The maximum Gasteiger partial charge on any atom is 0.319 e. The molecule has 2 amide bonds. The lowest BCUT2D eigenvalue weighted by Gasteiger charge is -2.14. The Labute approximate surface area is 191 Å². The van der Waals surface area contributed by atoms with Crippen LogP contribution >= 0.6 is 0 Å². The third-order valence-corrected chi connectivity index (χ3v) is 5.14. The maximum atomic E-state index is 12.2. The number of oxime groups is 1. The van der Waals surface area contributed by atoms with E-state index in [4.69, 9.17) is 20.7 Å². The number of nitrogens with two attached hydrogens (primary N) is 1. The summed E-state index contributed by atoms with van der Waals surface area (Å²) in [4.78, 5) is 17.7. The van der Waals surface area contributed by atoms with Crippen molar-refractivity contribution in [3.05, 3.63) is 78.4 Å². The Morgan fingerprint density at radius 2 is 1.94 bits per heavy atom. The molecule has 8 heteroatoms. The number of benzene rings is 3. The number of ether oxygens (including phenoxy) is 1. The SMILES string of the molecule is N=Cc1cc(NC(=O)NCC2=NOC(COc3ccccc3-c3ccccc3)C2)ccc1N. The molecule has 168 valence electrons. The third-order valence-electron chi connectivity index (χ3n) is 5.14. The van der Waals surface area contributed by atoms with Crippen molar-refractivity contribution in [1.29, 1.82) is 5.41 Å². The van der Waals surface area contributed by atoms with Crippen LogP contribution in [0, 0.1) is 5.41 Å². The Morgan fingerprint density at radius 1 is 1.15 bits per heavy atom. The average Bonchev–Trinajstić information content (AvgIpc) is 3.31. The van der Waals surface area contributed by atoms with E-state index in [1.165, 1.54) is 0 Å². The molecule has 3 aromatic rings. The van der Waals surface area contributed by atoms with Gasteiger partial charge in [-0.2, -0.15) is 0 Å². The van der Waals surface area contributed by atoms with Crippen LogP contribution in [0.4, 0.5) is 16.2 Å². The maximum absolute atomic E-state index is 12.2. The Balaban J connectivity index is 1.24. The van der Waals surface area contributed by atoms with Gasteiger partial charge in [0, 0.05) is 35.1 Å². The molecule has 0 spiro atoms. The number of carbonyl (C=O) groups excluding carboxylic acids is 1. The summed E-state index contributed by atoms with van der Waals surface area (Å²) in [7, 11) is 0. The highest BCUT2D eigenvalue weighted by molar-refractivity contribution is 5.96. The number of carbonyl (C=O) groups is 1. The van der Waals surface area contributed by atoms with Crippen molar-refractivity contribution in [3.8, 4) is 16.9 Å². The van der Waals surface area contributed by atoms with Gasteiger partial charge in [-0.25, -0.2) is 4.79 Å². The lowest BCUT2D eigenvalue weighted by molar-refractivity contribution is 0.0472. The number of hydrogen-bond donors (Lipinski definition) is 4. The number of nitrogens with zero attached hydrogens (tertiary/aromatic N) is 1. The van der Waals surface area contributed by atoms with Crippen LogP contribution in [-0.4, -0.2) is 37.2 Å². The number of nitrogen functional groups attached to an aromatic ring is 1. The fraction of sp³-hybridized carbons (Fsp3) is 0.160. The molecular formula is C25H25N5O3. The molecule has 3 aromatic carbocycles. The van der Waals surface area contributed by atoms with Crippen molar-refractivity contribution in [2.24, 2.45) is 5.16 Å². The van der Waals surface area contributed by atoms with Crippen molar-refractivity contribution >= 4 is 29.3 Å². The highest BCUT2D eigenvalue weighted by Crippen LogP contribution is 2.30. The zero-order valence-corrected chi connectivity index (χ0v) is 18.0. The third kappa shape index (κ3) is 5.68. The minimum absolute atomic E-state index is 0.221. The summed E-state index contributed by atoms with van der Waals surface area (Å²) >= 11 is 0. The lowest BCUT2D eigenvalue weighted by Crippen LogP contribution is -2.33. The number of nitrogens with one attached hydrogen (secondary N) is 3. The highest BCUT2D eigenvalue weighted by atomic mass is 16.7. The molecule has 1 atom stereocenters.